The Bertz CT molecular complexity index is 360. The fourth-order valence-electron chi connectivity index (χ4n) is 0.501. The van der Waals surface area contributed by atoms with Gasteiger partial charge in [-0.2, -0.15) is 8.42 Å². The zero-order valence-corrected chi connectivity index (χ0v) is 8.70. The highest BCUT2D eigenvalue weighted by molar-refractivity contribution is 7.81. The Hall–Kier alpha value is -1.04. The molecule has 0 atom stereocenters. The van der Waals surface area contributed by atoms with Gasteiger partial charge in [-0.3, -0.25) is 4.55 Å². The molecule has 0 unspecified atom stereocenters. The van der Waals surface area contributed by atoms with Gasteiger partial charge < -0.3 is 4.18 Å². The third-order valence-corrected chi connectivity index (χ3v) is 1.55. The molecule has 4 nitrogen and oxygen atoms in total. The van der Waals surface area contributed by atoms with E-state index in [1.807, 2.05) is 30.3 Å². The molecule has 0 saturated carbocycles. The van der Waals surface area contributed by atoms with Crippen LogP contribution in [-0.4, -0.2) is 13.0 Å². The van der Waals surface area contributed by atoms with Crippen molar-refractivity contribution >= 4 is 22.0 Å². The van der Waals surface area contributed by atoms with Gasteiger partial charge in [-0.05, 0) is 12.1 Å². The minimum Gasteiger partial charge on any atom is -0.370 e. The molecule has 0 fully saturated rings. The van der Waals surface area contributed by atoms with Crippen LogP contribution in [0.15, 0.2) is 43.2 Å². The number of hydrogen-bond acceptors (Lipinski definition) is 3. The van der Waals surface area contributed by atoms with Crippen molar-refractivity contribution in [2.24, 2.45) is 0 Å². The van der Waals surface area contributed by atoms with Gasteiger partial charge in [-0.1, -0.05) is 36.4 Å². The third-order valence-electron chi connectivity index (χ3n) is 0.923. The van der Waals surface area contributed by atoms with Gasteiger partial charge in [0, 0.05) is 5.02 Å². The molecule has 0 saturated heterocycles. The van der Waals surface area contributed by atoms with Crippen LogP contribution in [0, 0.1) is 0 Å². The number of hydrogen-bond donors (Lipinski definition) is 1. The van der Waals surface area contributed by atoms with Crippen molar-refractivity contribution < 1.29 is 17.2 Å². The van der Waals surface area contributed by atoms with Crippen LogP contribution in [0.5, 0.6) is 0 Å². The second kappa shape index (κ2) is 6.42. The molecular weight excluding hydrogens is 228 g/mol. The summed E-state index contributed by atoms with van der Waals surface area (Å²) in [6.45, 7) is 2.88. The van der Waals surface area contributed by atoms with Crippen LogP contribution < -0.4 is 0 Å². The van der Waals surface area contributed by atoms with Crippen molar-refractivity contribution in [3.8, 4) is 0 Å². The summed E-state index contributed by atoms with van der Waals surface area (Å²) in [6.07, 6.45) is 0.620. The fourth-order valence-corrected chi connectivity index (χ4v) is 0.818. The third kappa shape index (κ3) is 9.05. The van der Waals surface area contributed by atoms with Gasteiger partial charge in [0.05, 0.1) is 0 Å². The average Bonchev–Trinajstić information content (AvgIpc) is 2.04. The van der Waals surface area contributed by atoms with E-state index in [1.165, 1.54) is 0 Å². The predicted molar refractivity (Wildman–Crippen MR) is 54.3 cm³/mol. The van der Waals surface area contributed by atoms with Gasteiger partial charge >= 0.3 is 10.4 Å². The molecule has 1 aromatic rings. The Morgan fingerprint density at radius 1 is 1.36 bits per heavy atom. The molecule has 1 aromatic carbocycles. The quantitative estimate of drug-likeness (QED) is 0.632. The first-order chi connectivity index (χ1) is 6.45. The summed E-state index contributed by atoms with van der Waals surface area (Å²) >= 11 is 5.54. The predicted octanol–water partition coefficient (Wildman–Crippen LogP) is 2.29. The van der Waals surface area contributed by atoms with E-state index < -0.39 is 10.4 Å². The molecule has 0 bridgehead atoms. The number of halogens is 1. The first kappa shape index (κ1) is 13.0. The average molecular weight is 237 g/mol. The van der Waals surface area contributed by atoms with Crippen molar-refractivity contribution in [2.75, 3.05) is 0 Å². The highest BCUT2D eigenvalue weighted by atomic mass is 35.5. The molecule has 6 heteroatoms. The van der Waals surface area contributed by atoms with Crippen LogP contribution in [0.2, 0.25) is 5.02 Å². The maximum Gasteiger partial charge on any atom is 0.445 e. The molecule has 0 aliphatic rings. The van der Waals surface area contributed by atoms with Crippen LogP contribution >= 0.6 is 11.6 Å². The molecule has 1 rings (SSSR count). The normalized spacial score (nSPS) is 9.57. The molecule has 78 valence electrons. The monoisotopic (exact) mass is 236 g/mol. The second-order valence-corrected chi connectivity index (χ2v) is 3.47. The lowest BCUT2D eigenvalue weighted by molar-refractivity contribution is 0.357. The first-order valence-electron chi connectivity index (χ1n) is 3.43. The first-order valence-corrected chi connectivity index (χ1v) is 5.17. The van der Waals surface area contributed by atoms with Crippen LogP contribution in [0.4, 0.5) is 0 Å². The van der Waals surface area contributed by atoms with E-state index in [1.54, 1.807) is 0 Å². The van der Waals surface area contributed by atoms with Crippen LogP contribution in [-0.2, 0) is 14.6 Å². The maximum absolute atomic E-state index is 9.49. The highest BCUT2D eigenvalue weighted by Crippen LogP contribution is 2.03. The van der Waals surface area contributed by atoms with Crippen LogP contribution in [0.3, 0.4) is 0 Å². The summed E-state index contributed by atoms with van der Waals surface area (Å²) in [4.78, 5) is 0. The van der Waals surface area contributed by atoms with Crippen molar-refractivity contribution in [1.29, 1.82) is 0 Å². The van der Waals surface area contributed by atoms with Gasteiger partial charge in [0.2, 0.25) is 0 Å². The topological polar surface area (TPSA) is 63.6 Å². The summed E-state index contributed by atoms with van der Waals surface area (Å²) in [5.74, 6) is 0. The fraction of sp³-hybridized carbons (Fsp3) is 0. The highest BCUT2D eigenvalue weighted by Gasteiger charge is 1.96. The second-order valence-electron chi connectivity index (χ2n) is 1.99. The van der Waals surface area contributed by atoms with E-state index in [2.05, 4.69) is 10.8 Å². The van der Waals surface area contributed by atoms with E-state index in [0.29, 0.717) is 6.26 Å². The lowest BCUT2D eigenvalue weighted by Gasteiger charge is -1.86. The summed E-state index contributed by atoms with van der Waals surface area (Å²) < 4.78 is 30.2. The van der Waals surface area contributed by atoms with Crippen molar-refractivity contribution in [3.05, 3.63) is 48.2 Å². The Kier molecular flexibility index (Phi) is 5.94. The van der Waals surface area contributed by atoms with Gasteiger partial charge in [0.1, 0.15) is 6.26 Å². The smallest absolute Gasteiger partial charge is 0.370 e. The molecule has 0 amide bonds. The van der Waals surface area contributed by atoms with Gasteiger partial charge in [-0.25, -0.2) is 0 Å². The Morgan fingerprint density at radius 2 is 1.86 bits per heavy atom. The van der Waals surface area contributed by atoms with E-state index in [-0.39, 0.29) is 0 Å². The Balaban J connectivity index is 0.000000241. The summed E-state index contributed by atoms with van der Waals surface area (Å²) in [7, 11) is -4.29. The van der Waals surface area contributed by atoms with Gasteiger partial charge in [-0.15, -0.1) is 0 Å². The standard InChI is InChI=1S/C6H5Cl.C2H4O4S/c7-6-4-2-1-3-5-6;1-2-6-7(3,4)5/h1-5H;2H,1H2,(H,3,4,5). The Morgan fingerprint density at radius 3 is 2.00 bits per heavy atom. The van der Waals surface area contributed by atoms with E-state index >= 15 is 0 Å². The van der Waals surface area contributed by atoms with Crippen molar-refractivity contribution in [1.82, 2.24) is 0 Å². The molecule has 0 aliphatic carbocycles. The summed E-state index contributed by atoms with van der Waals surface area (Å²) in [6, 6.07) is 9.44. The molecule has 1 N–H and O–H groups in total. The minimum atomic E-state index is -4.29. The zero-order valence-electron chi connectivity index (χ0n) is 7.13. The van der Waals surface area contributed by atoms with Crippen molar-refractivity contribution in [2.45, 2.75) is 0 Å². The zero-order chi connectivity index (χ0) is 11.0. The molecule has 14 heavy (non-hydrogen) atoms. The molecule has 0 spiro atoms. The maximum atomic E-state index is 9.49. The van der Waals surface area contributed by atoms with Gasteiger partial charge in [0.25, 0.3) is 0 Å². The largest absolute Gasteiger partial charge is 0.445 e. The van der Waals surface area contributed by atoms with Crippen LogP contribution in [0.1, 0.15) is 0 Å². The molecule has 0 aliphatic heterocycles. The van der Waals surface area contributed by atoms with Crippen LogP contribution in [0.25, 0.3) is 0 Å². The summed E-state index contributed by atoms with van der Waals surface area (Å²) in [5.41, 5.74) is 0. The summed E-state index contributed by atoms with van der Waals surface area (Å²) in [5, 5.41) is 0.794. The SMILES string of the molecule is C=COS(=O)(=O)O.Clc1ccccc1. The molecule has 0 aromatic heterocycles. The number of rotatable bonds is 2. The molecule has 0 radical (unpaired) electrons. The lowest BCUT2D eigenvalue weighted by atomic mass is 10.4. The van der Waals surface area contributed by atoms with Crippen molar-refractivity contribution in [3.63, 3.8) is 0 Å². The minimum absolute atomic E-state index is 0.620. The molecular formula is C8H9ClO4S. The number of benzene rings is 1. The van der Waals surface area contributed by atoms with E-state index in [4.69, 9.17) is 16.2 Å². The van der Waals surface area contributed by atoms with E-state index in [0.717, 1.165) is 5.02 Å². The lowest BCUT2D eigenvalue weighted by Crippen LogP contribution is -1.96. The van der Waals surface area contributed by atoms with E-state index in [9.17, 15) is 8.42 Å². The van der Waals surface area contributed by atoms with Gasteiger partial charge in [0.15, 0.2) is 0 Å². The molecule has 0 heterocycles. The Labute approximate surface area is 87.7 Å².